The molecule has 2 aromatic rings. The summed E-state index contributed by atoms with van der Waals surface area (Å²) in [7, 11) is 0. The smallest absolute Gasteiger partial charge is 0.191 e. The zero-order valence-electron chi connectivity index (χ0n) is 15.3. The number of hydrogen-bond acceptors (Lipinski definition) is 2. The van der Waals surface area contributed by atoms with Gasteiger partial charge in [-0.1, -0.05) is 40.2 Å². The van der Waals surface area contributed by atoms with Gasteiger partial charge in [0.1, 0.15) is 0 Å². The highest BCUT2D eigenvalue weighted by Crippen LogP contribution is 2.49. The van der Waals surface area contributed by atoms with Gasteiger partial charge >= 0.3 is 0 Å². The largest absolute Gasteiger partial charge is 0.357 e. The first-order chi connectivity index (χ1) is 12.1. The molecular formula is C20H26BrIN4. The third-order valence-corrected chi connectivity index (χ3v) is 5.43. The second kappa shape index (κ2) is 9.69. The lowest BCUT2D eigenvalue weighted by atomic mass is 9.96. The van der Waals surface area contributed by atoms with Crippen molar-refractivity contribution in [3.63, 3.8) is 0 Å². The van der Waals surface area contributed by atoms with Crippen LogP contribution in [0.25, 0.3) is 0 Å². The fraction of sp³-hybridized carbons (Fsp3) is 0.400. The molecule has 1 aliphatic carbocycles. The van der Waals surface area contributed by atoms with Gasteiger partial charge in [-0.25, -0.2) is 4.99 Å². The normalized spacial score (nSPS) is 15.1. The summed E-state index contributed by atoms with van der Waals surface area (Å²) in [6.45, 7) is 6.48. The number of nitrogens with zero attached hydrogens (tertiary/aromatic N) is 2. The predicted octanol–water partition coefficient (Wildman–Crippen LogP) is 4.56. The highest BCUT2D eigenvalue weighted by molar-refractivity contribution is 14.0. The number of pyridine rings is 1. The van der Waals surface area contributed by atoms with Crippen LogP contribution in [-0.2, 0) is 12.0 Å². The van der Waals surface area contributed by atoms with Gasteiger partial charge in [-0.3, -0.25) is 4.98 Å². The van der Waals surface area contributed by atoms with Crippen molar-refractivity contribution < 1.29 is 0 Å². The molecule has 0 bridgehead atoms. The number of nitrogens with one attached hydrogen (secondary N) is 2. The van der Waals surface area contributed by atoms with E-state index in [1.165, 1.54) is 28.4 Å². The Morgan fingerprint density at radius 1 is 1.19 bits per heavy atom. The minimum Gasteiger partial charge on any atom is -0.357 e. The molecule has 0 unspecified atom stereocenters. The first-order valence-corrected chi connectivity index (χ1v) is 9.61. The molecule has 0 atom stereocenters. The molecule has 1 aromatic heterocycles. The highest BCUT2D eigenvalue weighted by Gasteiger charge is 2.45. The van der Waals surface area contributed by atoms with Crippen molar-refractivity contribution in [2.24, 2.45) is 4.99 Å². The van der Waals surface area contributed by atoms with Gasteiger partial charge in [0.2, 0.25) is 0 Å². The number of benzene rings is 1. The number of aryl methyl sites for hydroxylation is 1. The minimum atomic E-state index is 0. The lowest BCUT2D eigenvalue weighted by Gasteiger charge is -2.20. The van der Waals surface area contributed by atoms with Crippen molar-refractivity contribution in [1.82, 2.24) is 15.6 Å². The van der Waals surface area contributed by atoms with E-state index in [1.807, 2.05) is 12.3 Å². The molecule has 140 valence electrons. The molecule has 0 radical (unpaired) electrons. The zero-order chi connectivity index (χ0) is 17.7. The molecule has 1 fully saturated rings. The maximum absolute atomic E-state index is 4.71. The molecule has 26 heavy (non-hydrogen) atoms. The highest BCUT2D eigenvalue weighted by atomic mass is 127. The monoisotopic (exact) mass is 528 g/mol. The van der Waals surface area contributed by atoms with Gasteiger partial charge < -0.3 is 10.6 Å². The quantitative estimate of drug-likeness (QED) is 0.328. The molecule has 6 heteroatoms. The maximum Gasteiger partial charge on any atom is 0.191 e. The van der Waals surface area contributed by atoms with Crippen molar-refractivity contribution in [2.45, 2.75) is 38.6 Å². The van der Waals surface area contributed by atoms with Crippen molar-refractivity contribution in [3.8, 4) is 0 Å². The van der Waals surface area contributed by atoms with Crippen LogP contribution in [0.15, 0.2) is 52.1 Å². The average Bonchev–Trinajstić information content (AvgIpc) is 3.40. The second-order valence-electron chi connectivity index (χ2n) is 6.58. The minimum absolute atomic E-state index is 0. The Morgan fingerprint density at radius 2 is 1.96 bits per heavy atom. The van der Waals surface area contributed by atoms with Crippen LogP contribution in [0.4, 0.5) is 0 Å². The van der Waals surface area contributed by atoms with Crippen LogP contribution in [0.2, 0.25) is 0 Å². The standard InChI is InChI=1S/C20H25BrN4.HI/c1-3-22-19(24-13-18-15(2)7-6-12-23-18)25-14-20(10-11-20)16-8-4-5-9-17(16)21;/h4-9,12H,3,10-11,13-14H2,1-2H3,(H2,22,24,25);1H. The van der Waals surface area contributed by atoms with Gasteiger partial charge in [0.15, 0.2) is 5.96 Å². The molecule has 1 aromatic carbocycles. The summed E-state index contributed by atoms with van der Waals surface area (Å²) in [5.74, 6) is 0.853. The van der Waals surface area contributed by atoms with Crippen LogP contribution in [-0.4, -0.2) is 24.0 Å². The lowest BCUT2D eigenvalue weighted by molar-refractivity contribution is 0.643. The van der Waals surface area contributed by atoms with Crippen molar-refractivity contribution in [2.75, 3.05) is 13.1 Å². The first-order valence-electron chi connectivity index (χ1n) is 8.82. The molecule has 4 nitrogen and oxygen atoms in total. The molecule has 0 saturated heterocycles. The predicted molar refractivity (Wildman–Crippen MR) is 122 cm³/mol. The zero-order valence-corrected chi connectivity index (χ0v) is 19.2. The van der Waals surface area contributed by atoms with Gasteiger partial charge in [0.25, 0.3) is 0 Å². The van der Waals surface area contributed by atoms with E-state index in [9.17, 15) is 0 Å². The topological polar surface area (TPSA) is 49.3 Å². The molecule has 0 amide bonds. The first kappa shape index (κ1) is 21.2. The number of halogens is 2. The van der Waals surface area contributed by atoms with E-state index in [1.54, 1.807) is 0 Å². The lowest BCUT2D eigenvalue weighted by Crippen LogP contribution is -2.41. The van der Waals surface area contributed by atoms with Gasteiger partial charge in [-0.2, -0.15) is 0 Å². The molecular weight excluding hydrogens is 503 g/mol. The van der Waals surface area contributed by atoms with Crippen LogP contribution < -0.4 is 10.6 Å². The van der Waals surface area contributed by atoms with Crippen LogP contribution >= 0.6 is 39.9 Å². The van der Waals surface area contributed by atoms with E-state index in [-0.39, 0.29) is 29.4 Å². The summed E-state index contributed by atoms with van der Waals surface area (Å²) in [6.07, 6.45) is 4.24. The summed E-state index contributed by atoms with van der Waals surface area (Å²) >= 11 is 3.70. The van der Waals surface area contributed by atoms with Crippen LogP contribution in [0.5, 0.6) is 0 Å². The summed E-state index contributed by atoms with van der Waals surface area (Å²) in [4.78, 5) is 9.13. The second-order valence-corrected chi connectivity index (χ2v) is 7.43. The van der Waals surface area contributed by atoms with Crippen LogP contribution in [0.3, 0.4) is 0 Å². The van der Waals surface area contributed by atoms with Crippen LogP contribution in [0.1, 0.15) is 36.6 Å². The SMILES string of the molecule is CCNC(=NCc1ncccc1C)NCC1(c2ccccc2Br)CC1.I. The third-order valence-electron chi connectivity index (χ3n) is 4.74. The molecule has 0 spiro atoms. The van der Waals surface area contributed by atoms with Crippen molar-refractivity contribution in [1.29, 1.82) is 0 Å². The van der Waals surface area contributed by atoms with Gasteiger partial charge in [0, 0.05) is 29.2 Å². The molecule has 3 rings (SSSR count). The number of rotatable bonds is 6. The van der Waals surface area contributed by atoms with E-state index >= 15 is 0 Å². The summed E-state index contributed by atoms with van der Waals surface area (Å²) in [5, 5.41) is 6.87. The third kappa shape index (κ3) is 5.19. The summed E-state index contributed by atoms with van der Waals surface area (Å²) in [6, 6.07) is 12.6. The van der Waals surface area contributed by atoms with Crippen molar-refractivity contribution >= 4 is 45.9 Å². The van der Waals surface area contributed by atoms with Crippen molar-refractivity contribution in [3.05, 3.63) is 63.9 Å². The summed E-state index contributed by atoms with van der Waals surface area (Å²) < 4.78 is 1.19. The Labute approximate surface area is 181 Å². The Kier molecular flexibility index (Phi) is 7.88. The Bertz CT molecular complexity index is 759. The van der Waals surface area contributed by atoms with Gasteiger partial charge in [0.05, 0.1) is 12.2 Å². The molecule has 2 N–H and O–H groups in total. The Hall–Kier alpha value is -1.15. The van der Waals surface area contributed by atoms with Gasteiger partial charge in [-0.15, -0.1) is 24.0 Å². The molecule has 1 saturated carbocycles. The Morgan fingerprint density at radius 3 is 2.62 bits per heavy atom. The number of hydrogen-bond donors (Lipinski definition) is 2. The van der Waals surface area contributed by atoms with Gasteiger partial charge in [-0.05, 0) is 49.9 Å². The fourth-order valence-electron chi connectivity index (χ4n) is 3.02. The summed E-state index contributed by atoms with van der Waals surface area (Å²) in [5.41, 5.74) is 3.80. The number of aromatic nitrogens is 1. The Balaban J connectivity index is 0.00000243. The molecule has 0 aliphatic heterocycles. The number of aliphatic imine (C=N–C) groups is 1. The average molecular weight is 529 g/mol. The van der Waals surface area contributed by atoms with Crippen LogP contribution in [0, 0.1) is 6.92 Å². The number of guanidine groups is 1. The molecule has 1 aliphatic rings. The van der Waals surface area contributed by atoms with E-state index in [4.69, 9.17) is 4.99 Å². The van der Waals surface area contributed by atoms with E-state index in [0.717, 1.165) is 24.7 Å². The van der Waals surface area contributed by atoms with E-state index in [2.05, 4.69) is 75.7 Å². The van der Waals surface area contributed by atoms with E-state index < -0.39 is 0 Å². The molecule has 1 heterocycles. The fourth-order valence-corrected chi connectivity index (χ4v) is 3.72. The maximum atomic E-state index is 4.71. The van der Waals surface area contributed by atoms with E-state index in [0.29, 0.717) is 6.54 Å².